The summed E-state index contributed by atoms with van der Waals surface area (Å²) in [5, 5.41) is 8.15. The highest BCUT2D eigenvalue weighted by atomic mass is 15.1. The van der Waals surface area contributed by atoms with Crippen molar-refractivity contribution in [1.82, 2.24) is 0 Å². The molecule has 3 fully saturated rings. The molecule has 0 aromatic carbocycles. The van der Waals surface area contributed by atoms with Crippen molar-refractivity contribution in [1.29, 1.82) is 0 Å². The maximum atomic E-state index is 5.71. The zero-order valence-corrected chi connectivity index (χ0v) is 14.5. The molecule has 0 unspecified atom stereocenters. The summed E-state index contributed by atoms with van der Waals surface area (Å²) in [4.78, 5) is 0. The summed E-state index contributed by atoms with van der Waals surface area (Å²) in [6.45, 7) is 4.94. The minimum atomic E-state index is 0.270. The van der Waals surface area contributed by atoms with Crippen LogP contribution in [0.15, 0.2) is 21.9 Å². The maximum absolute atomic E-state index is 5.71. The second-order valence-corrected chi connectivity index (χ2v) is 8.69. The molecular formula is C19H30N4. The molecule has 0 bridgehead atoms. The first-order chi connectivity index (χ1) is 11.0. The average molecular weight is 314 g/mol. The second-order valence-electron chi connectivity index (χ2n) is 8.69. The molecule has 4 nitrogen and oxygen atoms in total. The van der Waals surface area contributed by atoms with Crippen LogP contribution in [0.2, 0.25) is 0 Å². The van der Waals surface area contributed by atoms with Crippen LogP contribution in [-0.4, -0.2) is 11.4 Å². The summed E-state index contributed by atoms with van der Waals surface area (Å²) >= 11 is 0. The van der Waals surface area contributed by atoms with Crippen molar-refractivity contribution in [3.8, 4) is 0 Å². The van der Waals surface area contributed by atoms with E-state index < -0.39 is 0 Å². The number of rotatable bonds is 0. The third-order valence-corrected chi connectivity index (χ3v) is 8.04. The van der Waals surface area contributed by atoms with Crippen LogP contribution in [0.5, 0.6) is 0 Å². The number of fused-ring (bicyclic) bond motifs is 5. The fourth-order valence-corrected chi connectivity index (χ4v) is 6.67. The normalized spacial score (nSPS) is 49.5. The van der Waals surface area contributed by atoms with Crippen LogP contribution in [-0.2, 0) is 0 Å². The number of hydrazone groups is 2. The van der Waals surface area contributed by atoms with Crippen LogP contribution < -0.4 is 11.7 Å². The molecule has 4 aliphatic rings. The Labute approximate surface area is 139 Å². The molecule has 0 aliphatic heterocycles. The van der Waals surface area contributed by atoms with Crippen LogP contribution in [0.1, 0.15) is 65.2 Å². The molecule has 0 amide bonds. The van der Waals surface area contributed by atoms with E-state index in [1.54, 1.807) is 5.57 Å². The van der Waals surface area contributed by atoms with Crippen molar-refractivity contribution in [3.05, 3.63) is 11.6 Å². The van der Waals surface area contributed by atoms with Gasteiger partial charge in [0, 0.05) is 11.1 Å². The molecule has 0 heterocycles. The largest absolute Gasteiger partial charge is 0.323 e. The van der Waals surface area contributed by atoms with Gasteiger partial charge in [-0.25, -0.2) is 0 Å². The minimum Gasteiger partial charge on any atom is -0.323 e. The van der Waals surface area contributed by atoms with Gasteiger partial charge in [-0.2, -0.15) is 10.2 Å². The summed E-state index contributed by atoms with van der Waals surface area (Å²) in [5.74, 6) is 13.7. The van der Waals surface area contributed by atoms with Gasteiger partial charge in [-0.3, -0.25) is 0 Å². The highest BCUT2D eigenvalue weighted by molar-refractivity contribution is 5.96. The topological polar surface area (TPSA) is 76.8 Å². The molecule has 0 radical (unpaired) electrons. The lowest BCUT2D eigenvalue weighted by atomic mass is 9.47. The number of allylic oxidation sites excluding steroid dienone is 2. The molecule has 0 aromatic heterocycles. The van der Waals surface area contributed by atoms with E-state index in [4.69, 9.17) is 11.7 Å². The number of nitrogens with zero attached hydrogens (tertiary/aromatic N) is 2. The van der Waals surface area contributed by atoms with E-state index in [1.165, 1.54) is 44.2 Å². The molecule has 0 spiro atoms. The fourth-order valence-electron chi connectivity index (χ4n) is 6.67. The van der Waals surface area contributed by atoms with Gasteiger partial charge in [0.2, 0.25) is 0 Å². The van der Waals surface area contributed by atoms with E-state index in [2.05, 4.69) is 30.1 Å². The van der Waals surface area contributed by atoms with E-state index >= 15 is 0 Å². The van der Waals surface area contributed by atoms with Crippen LogP contribution >= 0.6 is 0 Å². The Balaban J connectivity index is 1.68. The SMILES string of the molecule is C[C@]12CC/C(=N/N)C=C1CC[C@@H]1[C@H]3CC/C(=N\N)[C@@]3(C)CC[C@@H]12. The van der Waals surface area contributed by atoms with Gasteiger partial charge in [-0.05, 0) is 80.6 Å². The molecule has 4 aliphatic carbocycles. The quantitative estimate of drug-likeness (QED) is 0.529. The Kier molecular flexibility index (Phi) is 3.37. The Hall–Kier alpha value is -1.32. The van der Waals surface area contributed by atoms with Crippen molar-refractivity contribution in [2.75, 3.05) is 0 Å². The van der Waals surface area contributed by atoms with Gasteiger partial charge in [0.1, 0.15) is 0 Å². The van der Waals surface area contributed by atoms with Gasteiger partial charge < -0.3 is 11.7 Å². The van der Waals surface area contributed by atoms with Crippen LogP contribution in [0.3, 0.4) is 0 Å². The van der Waals surface area contributed by atoms with Gasteiger partial charge in [-0.1, -0.05) is 19.4 Å². The van der Waals surface area contributed by atoms with Crippen LogP contribution in [0.4, 0.5) is 0 Å². The monoisotopic (exact) mass is 314 g/mol. The van der Waals surface area contributed by atoms with Gasteiger partial charge in [0.15, 0.2) is 0 Å². The zero-order chi connectivity index (χ0) is 16.2. The fraction of sp³-hybridized carbons (Fsp3) is 0.789. The van der Waals surface area contributed by atoms with Crippen molar-refractivity contribution >= 4 is 11.4 Å². The van der Waals surface area contributed by atoms with Crippen molar-refractivity contribution in [2.24, 2.45) is 50.5 Å². The van der Waals surface area contributed by atoms with E-state index in [0.29, 0.717) is 5.41 Å². The first-order valence-corrected chi connectivity index (χ1v) is 9.28. The lowest BCUT2D eigenvalue weighted by molar-refractivity contribution is -0.0154. The molecule has 4 heteroatoms. The Morgan fingerprint density at radius 3 is 2.43 bits per heavy atom. The highest BCUT2D eigenvalue weighted by Crippen LogP contribution is 2.64. The Bertz CT molecular complexity index is 604. The summed E-state index contributed by atoms with van der Waals surface area (Å²) in [5.41, 5.74) is 4.62. The lowest BCUT2D eigenvalue weighted by Crippen LogP contribution is -2.50. The number of hydrogen-bond donors (Lipinski definition) is 2. The molecule has 4 N–H and O–H groups in total. The highest BCUT2D eigenvalue weighted by Gasteiger charge is 2.58. The van der Waals surface area contributed by atoms with Gasteiger partial charge >= 0.3 is 0 Å². The molecule has 4 rings (SSSR count). The molecule has 0 aromatic rings. The molecule has 23 heavy (non-hydrogen) atoms. The Morgan fingerprint density at radius 2 is 1.70 bits per heavy atom. The van der Waals surface area contributed by atoms with E-state index in [1.807, 2.05) is 0 Å². The third-order valence-electron chi connectivity index (χ3n) is 8.04. The molecule has 0 saturated heterocycles. The van der Waals surface area contributed by atoms with Crippen molar-refractivity contribution in [3.63, 3.8) is 0 Å². The zero-order valence-electron chi connectivity index (χ0n) is 14.5. The summed E-state index contributed by atoms with van der Waals surface area (Å²) in [7, 11) is 0. The first-order valence-electron chi connectivity index (χ1n) is 9.28. The molecule has 5 atom stereocenters. The number of hydrogen-bond acceptors (Lipinski definition) is 4. The predicted octanol–water partition coefficient (Wildman–Crippen LogP) is 3.58. The summed E-state index contributed by atoms with van der Waals surface area (Å²) in [6.07, 6.45) is 12.1. The maximum Gasteiger partial charge on any atom is 0.0600 e. The van der Waals surface area contributed by atoms with Gasteiger partial charge in [0.25, 0.3) is 0 Å². The summed E-state index contributed by atoms with van der Waals surface area (Å²) in [6, 6.07) is 0. The second kappa shape index (κ2) is 5.09. The third kappa shape index (κ3) is 1.96. The first kappa shape index (κ1) is 15.2. The Morgan fingerprint density at radius 1 is 0.913 bits per heavy atom. The van der Waals surface area contributed by atoms with Crippen LogP contribution in [0.25, 0.3) is 0 Å². The average Bonchev–Trinajstić information content (AvgIpc) is 2.90. The smallest absolute Gasteiger partial charge is 0.0600 e. The standard InChI is InChI=1S/C19H30N4/c1-18-9-7-13(22-20)11-12(18)3-4-14-15-5-6-17(23-21)19(15,2)10-8-16(14)18/h11,14-16H,3-10,20-21H2,1-2H3/b22-13-,23-17+/t14-,15-,16+,18+,19+/m1/s1. The summed E-state index contributed by atoms with van der Waals surface area (Å²) < 4.78 is 0. The molecular weight excluding hydrogens is 284 g/mol. The molecule has 126 valence electrons. The predicted molar refractivity (Wildman–Crippen MR) is 94.9 cm³/mol. The van der Waals surface area contributed by atoms with Gasteiger partial charge in [0.05, 0.1) is 5.71 Å². The van der Waals surface area contributed by atoms with Crippen molar-refractivity contribution in [2.45, 2.75) is 65.2 Å². The van der Waals surface area contributed by atoms with E-state index in [9.17, 15) is 0 Å². The van der Waals surface area contributed by atoms with Gasteiger partial charge in [-0.15, -0.1) is 0 Å². The van der Waals surface area contributed by atoms with Crippen LogP contribution in [0, 0.1) is 28.6 Å². The molecule has 3 saturated carbocycles. The number of nitrogens with two attached hydrogens (primary N) is 2. The van der Waals surface area contributed by atoms with E-state index in [-0.39, 0.29) is 5.41 Å². The van der Waals surface area contributed by atoms with E-state index in [0.717, 1.165) is 36.3 Å². The minimum absolute atomic E-state index is 0.270. The lowest BCUT2D eigenvalue weighted by Gasteiger charge is -2.57. The van der Waals surface area contributed by atoms with Crippen molar-refractivity contribution < 1.29 is 0 Å².